The van der Waals surface area contributed by atoms with Gasteiger partial charge < -0.3 is 32.5 Å². The summed E-state index contributed by atoms with van der Waals surface area (Å²) in [6, 6.07) is -1.02. The Bertz CT molecular complexity index is 1430. The number of hydrogen-bond donors (Lipinski definition) is 5. The molecule has 0 aliphatic carbocycles. The molecule has 0 bridgehead atoms. The lowest BCUT2D eigenvalue weighted by molar-refractivity contribution is -0.150. The number of unbranched alkanes of at least 4 members (excludes halogenated alkanes) is 1. The Morgan fingerprint density at radius 3 is 2.77 bits per heavy atom. The Hall–Kier alpha value is -4.17. The summed E-state index contributed by atoms with van der Waals surface area (Å²) in [7, 11) is 1.26. The van der Waals surface area contributed by atoms with Crippen LogP contribution in [-0.4, -0.2) is 100 Å². The monoisotopic (exact) mass is 608 g/mol. The van der Waals surface area contributed by atoms with E-state index in [9.17, 15) is 19.5 Å². The normalized spacial score (nSPS) is 18.6. The smallest absolute Gasteiger partial charge is 0.353 e. The van der Waals surface area contributed by atoms with Crippen molar-refractivity contribution in [2.24, 2.45) is 21.6 Å². The van der Waals surface area contributed by atoms with E-state index in [-0.39, 0.29) is 50.2 Å². The van der Waals surface area contributed by atoms with Crippen molar-refractivity contribution in [2.75, 3.05) is 25.1 Å². The molecular weight excluding hydrogens is 585 g/mol. The molecule has 0 radical (unpaired) electrons. The molecule has 40 heavy (non-hydrogen) atoms. The number of nitrogens with two attached hydrogens (primary N) is 3. The highest BCUT2D eigenvalue weighted by atomic mass is 32.2. The van der Waals surface area contributed by atoms with Gasteiger partial charge in [0.05, 0.1) is 4.86 Å². The lowest BCUT2D eigenvalue weighted by Crippen LogP contribution is -2.71. The first kappa shape index (κ1) is 28.8. The Labute approximate surface area is 239 Å². The first-order valence-corrected chi connectivity index (χ1v) is 13.9. The van der Waals surface area contributed by atoms with Crippen LogP contribution >= 0.6 is 35.3 Å². The van der Waals surface area contributed by atoms with Gasteiger partial charge in [0.1, 0.15) is 29.9 Å². The molecule has 4 rings (SSSR count). The molecule has 0 unspecified atom stereocenters. The van der Waals surface area contributed by atoms with E-state index in [4.69, 9.17) is 34.3 Å². The molecular formula is C20H24N12O5S3. The van der Waals surface area contributed by atoms with E-state index in [2.05, 4.69) is 36.0 Å². The molecule has 1 fully saturated rings. The summed E-state index contributed by atoms with van der Waals surface area (Å²) in [5, 5.41) is 29.0. The Morgan fingerprint density at radius 2 is 2.12 bits per heavy atom. The zero-order chi connectivity index (χ0) is 29.0. The molecule has 17 nitrogen and oxygen atoms in total. The van der Waals surface area contributed by atoms with Crippen molar-refractivity contribution in [3.63, 3.8) is 0 Å². The predicted octanol–water partition coefficient (Wildman–Crippen LogP) is -1.73. The number of aryl methyl sites for hydroxylation is 1. The van der Waals surface area contributed by atoms with Crippen molar-refractivity contribution in [1.29, 1.82) is 0 Å². The third kappa shape index (κ3) is 5.87. The number of aliphatic imine (C=N–C) groups is 1. The van der Waals surface area contributed by atoms with Crippen molar-refractivity contribution in [3.05, 3.63) is 28.2 Å². The molecule has 8 N–H and O–H groups in total. The Balaban J connectivity index is 1.50. The van der Waals surface area contributed by atoms with Gasteiger partial charge in [0.25, 0.3) is 11.8 Å². The van der Waals surface area contributed by atoms with E-state index in [0.717, 1.165) is 16.2 Å². The number of amides is 2. The van der Waals surface area contributed by atoms with E-state index in [1.807, 2.05) is 0 Å². The number of thiocarbonyl (C=S) groups is 1. The number of nitrogens with zero attached hydrogens (tertiary/aromatic N) is 8. The van der Waals surface area contributed by atoms with Gasteiger partial charge in [-0.3, -0.25) is 19.5 Å². The molecule has 2 aromatic rings. The number of carboxylic acid groups (broad SMARTS) is 1. The number of tetrazole rings is 1. The molecule has 2 aliphatic rings. The number of thioether (sulfide) groups is 1. The third-order valence-electron chi connectivity index (χ3n) is 5.70. The molecule has 0 spiro atoms. The predicted molar refractivity (Wildman–Crippen MR) is 149 cm³/mol. The summed E-state index contributed by atoms with van der Waals surface area (Å²) in [5.74, 6) is -2.37. The number of rotatable bonds is 12. The minimum Gasteiger partial charge on any atom is -0.477 e. The average Bonchev–Trinajstić information content (AvgIpc) is 3.57. The van der Waals surface area contributed by atoms with Crippen molar-refractivity contribution in [1.82, 2.24) is 35.4 Å². The first-order chi connectivity index (χ1) is 19.1. The van der Waals surface area contributed by atoms with Crippen LogP contribution in [0.1, 0.15) is 24.4 Å². The lowest BCUT2D eigenvalue weighted by Gasteiger charge is -2.49. The van der Waals surface area contributed by atoms with Gasteiger partial charge >= 0.3 is 5.97 Å². The van der Waals surface area contributed by atoms with Crippen LogP contribution in [0.4, 0.5) is 5.13 Å². The third-order valence-corrected chi connectivity index (χ3v) is 8.08. The van der Waals surface area contributed by atoms with Crippen LogP contribution in [0.15, 0.2) is 26.8 Å². The number of oxime groups is 1. The number of carbonyl (C=O) groups excluding carboxylic acids is 2. The number of carboxylic acids is 1. The van der Waals surface area contributed by atoms with Crippen LogP contribution in [-0.2, 0) is 25.8 Å². The van der Waals surface area contributed by atoms with Gasteiger partial charge in [0.2, 0.25) is 0 Å². The molecule has 1 saturated heterocycles. The van der Waals surface area contributed by atoms with E-state index >= 15 is 0 Å². The summed E-state index contributed by atoms with van der Waals surface area (Å²) in [5.41, 5.74) is 16.2. The highest BCUT2D eigenvalue weighted by molar-refractivity contribution is 8.00. The molecule has 20 heteroatoms. The number of hydrogen-bond acceptors (Lipinski definition) is 14. The van der Waals surface area contributed by atoms with E-state index in [0.29, 0.717) is 25.9 Å². The summed E-state index contributed by atoms with van der Waals surface area (Å²) < 4.78 is 1.46. The zero-order valence-electron chi connectivity index (χ0n) is 20.9. The Kier molecular flexibility index (Phi) is 8.90. The first-order valence-electron chi connectivity index (χ1n) is 11.5. The van der Waals surface area contributed by atoms with E-state index < -0.39 is 29.2 Å². The summed E-state index contributed by atoms with van der Waals surface area (Å²) >= 11 is 7.93. The minimum absolute atomic E-state index is 0.000999. The Morgan fingerprint density at radius 1 is 1.35 bits per heavy atom. The maximum absolute atomic E-state index is 13.1. The van der Waals surface area contributed by atoms with Gasteiger partial charge in [-0.05, 0) is 23.3 Å². The molecule has 0 aromatic carbocycles. The van der Waals surface area contributed by atoms with Crippen molar-refractivity contribution < 1.29 is 24.3 Å². The molecule has 0 saturated carbocycles. The van der Waals surface area contributed by atoms with Crippen LogP contribution < -0.4 is 22.5 Å². The second-order valence-electron chi connectivity index (χ2n) is 8.26. The fourth-order valence-corrected chi connectivity index (χ4v) is 6.24. The molecule has 2 aromatic heterocycles. The summed E-state index contributed by atoms with van der Waals surface area (Å²) in [6.45, 7) is 0.822. The molecule has 212 valence electrons. The topological polar surface area (TPSA) is 255 Å². The number of guanidine groups is 1. The number of nitrogens with one attached hydrogen (secondary N) is 1. The van der Waals surface area contributed by atoms with Gasteiger partial charge in [-0.1, -0.05) is 17.4 Å². The second kappa shape index (κ2) is 12.3. The standard InChI is InChI=1S/C20H24N12O5S3/c1-37-28-10(9-7-40-20(23)25-9)15(33)26-11-16(34)32-12(18(35)36)8(6-39-17(11)32)13(38)14-27-29-30-31(14)5-3-2-4-24-19(21)22/h7,11,17H,2-6H2,1H3,(H2,23,25)(H,26,33)(H,35,36)(H4,21,22,24)/b28-10-/t11-,17+/m1/s1. The lowest BCUT2D eigenvalue weighted by atomic mass is 10.0. The number of aliphatic carboxylic acids is 1. The van der Waals surface area contributed by atoms with Crippen LogP contribution in [0, 0.1) is 0 Å². The maximum Gasteiger partial charge on any atom is 0.353 e. The van der Waals surface area contributed by atoms with Crippen LogP contribution in [0.2, 0.25) is 0 Å². The van der Waals surface area contributed by atoms with E-state index in [1.54, 1.807) is 0 Å². The van der Waals surface area contributed by atoms with Gasteiger partial charge in [-0.2, -0.15) is 0 Å². The fraction of sp³-hybridized carbons (Fsp3) is 0.400. The number of β-lactam (4-membered cyclic amide) rings is 1. The highest BCUT2D eigenvalue weighted by Gasteiger charge is 2.55. The van der Waals surface area contributed by atoms with Crippen molar-refractivity contribution >= 4 is 74.8 Å². The summed E-state index contributed by atoms with van der Waals surface area (Å²) in [6.07, 6.45) is 1.29. The van der Waals surface area contributed by atoms with Crippen molar-refractivity contribution in [3.8, 4) is 0 Å². The maximum atomic E-state index is 13.1. The van der Waals surface area contributed by atoms with E-state index in [1.165, 1.54) is 28.9 Å². The number of fused-ring (bicyclic) bond motifs is 1. The quantitative estimate of drug-likeness (QED) is 0.0341. The number of anilines is 1. The molecule has 4 heterocycles. The zero-order valence-corrected chi connectivity index (χ0v) is 23.3. The van der Waals surface area contributed by atoms with Gasteiger partial charge in [-0.15, -0.1) is 28.2 Å². The molecule has 2 aliphatic heterocycles. The minimum atomic E-state index is -1.35. The van der Waals surface area contributed by atoms with Gasteiger partial charge in [0.15, 0.2) is 22.6 Å². The number of nitrogen functional groups attached to an aromatic ring is 1. The van der Waals surface area contributed by atoms with Crippen LogP contribution in [0.5, 0.6) is 0 Å². The summed E-state index contributed by atoms with van der Waals surface area (Å²) in [4.78, 5) is 52.3. The second-order valence-corrected chi connectivity index (χ2v) is 10.7. The SMILES string of the molecule is CO/N=C(\C(=O)N[C@@H]1C(=O)N2C(C(=O)O)=C(C(=S)c3nnnn3CCCCN=C(N)N)CS[C@@H]12)c1csc(N)n1. The van der Waals surface area contributed by atoms with Gasteiger partial charge in [0, 0.05) is 29.8 Å². The largest absolute Gasteiger partial charge is 0.477 e. The number of carbonyl (C=O) groups is 3. The van der Waals surface area contributed by atoms with Crippen LogP contribution in [0.3, 0.4) is 0 Å². The average molecular weight is 609 g/mol. The molecule has 2 atom stereocenters. The molecule has 2 amide bonds. The fourth-order valence-electron chi connectivity index (χ4n) is 3.93. The van der Waals surface area contributed by atoms with Gasteiger partial charge in [-0.25, -0.2) is 14.5 Å². The number of thiazole rings is 1. The van der Waals surface area contributed by atoms with Crippen molar-refractivity contribution in [2.45, 2.75) is 30.8 Å². The number of aromatic nitrogens is 5. The highest BCUT2D eigenvalue weighted by Crippen LogP contribution is 2.41. The van der Waals surface area contributed by atoms with Crippen LogP contribution in [0.25, 0.3) is 0 Å².